The first kappa shape index (κ1) is 14.2. The fourth-order valence-electron chi connectivity index (χ4n) is 1.89. The molecule has 0 saturated heterocycles. The van der Waals surface area contributed by atoms with Crippen molar-refractivity contribution in [2.75, 3.05) is 0 Å². The third kappa shape index (κ3) is 3.81. The van der Waals surface area contributed by atoms with Gasteiger partial charge in [-0.25, -0.2) is 4.39 Å². The molecule has 0 amide bonds. The fraction of sp³-hybridized carbons (Fsp3) is 0.600. The molecular formula is C15H24FN. The Kier molecular flexibility index (Phi) is 5.13. The average molecular weight is 237 g/mol. The second kappa shape index (κ2) is 6.15. The van der Waals surface area contributed by atoms with Crippen LogP contribution in [0.4, 0.5) is 4.39 Å². The molecule has 0 spiro atoms. The quantitative estimate of drug-likeness (QED) is 0.808. The first-order chi connectivity index (χ1) is 7.95. The van der Waals surface area contributed by atoms with Crippen molar-refractivity contribution in [3.63, 3.8) is 0 Å². The van der Waals surface area contributed by atoms with Gasteiger partial charge in [0.05, 0.1) is 0 Å². The monoisotopic (exact) mass is 237 g/mol. The molecule has 3 unspecified atom stereocenters. The van der Waals surface area contributed by atoms with E-state index in [0.29, 0.717) is 17.5 Å². The van der Waals surface area contributed by atoms with Crippen molar-refractivity contribution in [1.29, 1.82) is 0 Å². The predicted molar refractivity (Wildman–Crippen MR) is 71.6 cm³/mol. The molecule has 96 valence electrons. The summed E-state index contributed by atoms with van der Waals surface area (Å²) in [6.07, 6.45) is 1.16. The van der Waals surface area contributed by atoms with Gasteiger partial charge >= 0.3 is 0 Å². The van der Waals surface area contributed by atoms with E-state index in [1.165, 1.54) is 0 Å². The maximum Gasteiger partial charge on any atom is 0.126 e. The lowest BCUT2D eigenvalue weighted by Crippen LogP contribution is -2.34. The Hall–Kier alpha value is -0.890. The first-order valence-corrected chi connectivity index (χ1v) is 6.47. The Morgan fingerprint density at radius 3 is 2.41 bits per heavy atom. The second-order valence-corrected chi connectivity index (χ2v) is 5.07. The van der Waals surface area contributed by atoms with Crippen LogP contribution in [0.25, 0.3) is 0 Å². The van der Waals surface area contributed by atoms with Gasteiger partial charge in [-0.15, -0.1) is 0 Å². The van der Waals surface area contributed by atoms with Gasteiger partial charge in [0.15, 0.2) is 0 Å². The molecule has 0 aliphatic carbocycles. The minimum atomic E-state index is -0.118. The third-order valence-electron chi connectivity index (χ3n) is 3.71. The summed E-state index contributed by atoms with van der Waals surface area (Å²) in [7, 11) is 0. The molecule has 0 saturated carbocycles. The van der Waals surface area contributed by atoms with Gasteiger partial charge in [-0.05, 0) is 43.9 Å². The Morgan fingerprint density at radius 2 is 1.88 bits per heavy atom. The van der Waals surface area contributed by atoms with Crippen molar-refractivity contribution < 1.29 is 4.39 Å². The number of nitrogens with one attached hydrogen (secondary N) is 1. The van der Waals surface area contributed by atoms with Crippen LogP contribution in [0.3, 0.4) is 0 Å². The van der Waals surface area contributed by atoms with Crippen LogP contribution in [0, 0.1) is 18.7 Å². The van der Waals surface area contributed by atoms with Crippen LogP contribution in [0.5, 0.6) is 0 Å². The number of benzene rings is 1. The van der Waals surface area contributed by atoms with E-state index < -0.39 is 0 Å². The highest BCUT2D eigenvalue weighted by molar-refractivity contribution is 5.25. The van der Waals surface area contributed by atoms with E-state index in [9.17, 15) is 4.39 Å². The Balaban J connectivity index is 2.69. The molecule has 0 fully saturated rings. The minimum absolute atomic E-state index is 0.118. The van der Waals surface area contributed by atoms with E-state index in [1.54, 1.807) is 13.0 Å². The Morgan fingerprint density at radius 1 is 1.24 bits per heavy atom. The van der Waals surface area contributed by atoms with Gasteiger partial charge in [-0.1, -0.05) is 32.4 Å². The van der Waals surface area contributed by atoms with Crippen LogP contribution in [-0.2, 0) is 0 Å². The van der Waals surface area contributed by atoms with Gasteiger partial charge in [-0.2, -0.15) is 0 Å². The Bertz CT molecular complexity index is 362. The van der Waals surface area contributed by atoms with Crippen molar-refractivity contribution in [1.82, 2.24) is 5.32 Å². The minimum Gasteiger partial charge on any atom is -0.307 e. The van der Waals surface area contributed by atoms with Crippen molar-refractivity contribution in [3.8, 4) is 0 Å². The van der Waals surface area contributed by atoms with Gasteiger partial charge in [0.25, 0.3) is 0 Å². The zero-order valence-corrected chi connectivity index (χ0v) is 11.5. The van der Waals surface area contributed by atoms with Crippen LogP contribution in [0.2, 0.25) is 0 Å². The molecule has 0 radical (unpaired) electrons. The van der Waals surface area contributed by atoms with E-state index in [4.69, 9.17) is 0 Å². The molecule has 1 N–H and O–H groups in total. The molecule has 1 aromatic carbocycles. The maximum absolute atomic E-state index is 13.5. The van der Waals surface area contributed by atoms with E-state index in [-0.39, 0.29) is 11.9 Å². The molecule has 2 heteroatoms. The average Bonchev–Trinajstić information content (AvgIpc) is 2.31. The summed E-state index contributed by atoms with van der Waals surface area (Å²) in [5, 5.41) is 3.53. The van der Waals surface area contributed by atoms with Crippen LogP contribution in [0.15, 0.2) is 18.2 Å². The number of aryl methyl sites for hydroxylation is 1. The van der Waals surface area contributed by atoms with E-state index in [1.807, 2.05) is 12.1 Å². The topological polar surface area (TPSA) is 12.0 Å². The second-order valence-electron chi connectivity index (χ2n) is 5.07. The molecule has 0 bridgehead atoms. The third-order valence-corrected chi connectivity index (χ3v) is 3.71. The van der Waals surface area contributed by atoms with Gasteiger partial charge in [0.1, 0.15) is 5.82 Å². The summed E-state index contributed by atoms with van der Waals surface area (Å²) in [6, 6.07) is 6.11. The molecule has 17 heavy (non-hydrogen) atoms. The largest absolute Gasteiger partial charge is 0.307 e. The predicted octanol–water partition coefficient (Wildman–Crippen LogP) is 4.22. The molecule has 1 rings (SSSR count). The van der Waals surface area contributed by atoms with Crippen LogP contribution < -0.4 is 5.32 Å². The van der Waals surface area contributed by atoms with Crippen molar-refractivity contribution >= 4 is 0 Å². The summed E-state index contributed by atoms with van der Waals surface area (Å²) < 4.78 is 13.5. The van der Waals surface area contributed by atoms with Crippen LogP contribution in [-0.4, -0.2) is 6.04 Å². The Labute approximate surface area is 104 Å². The lowest BCUT2D eigenvalue weighted by Gasteiger charge is -2.25. The van der Waals surface area contributed by atoms with Crippen LogP contribution >= 0.6 is 0 Å². The number of halogens is 1. The SMILES string of the molecule is CCC(C)C(C)NC(C)c1ccc(C)c(F)c1. The van der Waals surface area contributed by atoms with Gasteiger partial charge in [-0.3, -0.25) is 0 Å². The number of hydrogen-bond acceptors (Lipinski definition) is 1. The molecule has 0 aromatic heterocycles. The smallest absolute Gasteiger partial charge is 0.126 e. The highest BCUT2D eigenvalue weighted by Crippen LogP contribution is 2.18. The van der Waals surface area contributed by atoms with Crippen LogP contribution in [0.1, 0.15) is 51.3 Å². The lowest BCUT2D eigenvalue weighted by atomic mass is 9.98. The standard InChI is InChI=1S/C15H24FN/c1-6-10(2)12(4)17-13(5)14-8-7-11(3)15(16)9-14/h7-10,12-13,17H,6H2,1-5H3. The zero-order chi connectivity index (χ0) is 13.0. The highest BCUT2D eigenvalue weighted by Gasteiger charge is 2.14. The van der Waals surface area contributed by atoms with E-state index in [2.05, 4.69) is 33.0 Å². The zero-order valence-electron chi connectivity index (χ0n) is 11.5. The molecule has 0 aliphatic rings. The number of rotatable bonds is 5. The number of hydrogen-bond donors (Lipinski definition) is 1. The van der Waals surface area contributed by atoms with Gasteiger partial charge in [0.2, 0.25) is 0 Å². The summed E-state index contributed by atoms with van der Waals surface area (Å²) in [5.74, 6) is 0.514. The molecule has 0 heterocycles. The van der Waals surface area contributed by atoms with Gasteiger partial charge in [0, 0.05) is 12.1 Å². The summed E-state index contributed by atoms with van der Waals surface area (Å²) in [4.78, 5) is 0. The summed E-state index contributed by atoms with van der Waals surface area (Å²) in [5.41, 5.74) is 1.72. The van der Waals surface area contributed by atoms with Crippen molar-refractivity contribution in [2.45, 2.75) is 53.1 Å². The normalized spacial score (nSPS) is 16.6. The van der Waals surface area contributed by atoms with E-state index in [0.717, 1.165) is 12.0 Å². The maximum atomic E-state index is 13.5. The van der Waals surface area contributed by atoms with E-state index >= 15 is 0 Å². The summed E-state index contributed by atoms with van der Waals surface area (Å²) >= 11 is 0. The first-order valence-electron chi connectivity index (χ1n) is 6.47. The van der Waals surface area contributed by atoms with Crippen molar-refractivity contribution in [2.24, 2.45) is 5.92 Å². The summed E-state index contributed by atoms with van der Waals surface area (Å²) in [6.45, 7) is 10.5. The van der Waals surface area contributed by atoms with Gasteiger partial charge < -0.3 is 5.32 Å². The fourth-order valence-corrected chi connectivity index (χ4v) is 1.89. The highest BCUT2D eigenvalue weighted by atomic mass is 19.1. The van der Waals surface area contributed by atoms with Crippen molar-refractivity contribution in [3.05, 3.63) is 35.1 Å². The molecule has 0 aliphatic heterocycles. The lowest BCUT2D eigenvalue weighted by molar-refractivity contribution is 0.360. The molecule has 1 aromatic rings. The molecule has 3 atom stereocenters. The molecule has 1 nitrogen and oxygen atoms in total. The molecular weight excluding hydrogens is 213 g/mol.